The van der Waals surface area contributed by atoms with E-state index >= 15 is 8.78 Å². The molecule has 0 spiro atoms. The number of alkyl halides is 5. The number of rotatable bonds is 11. The van der Waals surface area contributed by atoms with Crippen LogP contribution in [0.3, 0.4) is 0 Å². The molecule has 1 aliphatic heterocycles. The Morgan fingerprint density at radius 2 is 1.77 bits per heavy atom. The van der Waals surface area contributed by atoms with Crippen molar-refractivity contribution in [3.63, 3.8) is 0 Å². The highest BCUT2D eigenvalue weighted by Crippen LogP contribution is 2.68. The van der Waals surface area contributed by atoms with Crippen LogP contribution in [0.25, 0.3) is 22.0 Å². The lowest BCUT2D eigenvalue weighted by Crippen LogP contribution is -2.29. The van der Waals surface area contributed by atoms with Gasteiger partial charge in [0.15, 0.2) is 21.3 Å². The second kappa shape index (κ2) is 13.5. The molecule has 2 aliphatic carbocycles. The summed E-state index contributed by atoms with van der Waals surface area (Å²) in [6.45, 7) is -0.875. The Morgan fingerprint density at radius 1 is 1.05 bits per heavy atom. The summed E-state index contributed by atoms with van der Waals surface area (Å²) < 4.78 is 129. The number of aryl methyl sites for hydroxylation is 1. The van der Waals surface area contributed by atoms with Gasteiger partial charge in [-0.3, -0.25) is 23.9 Å². The lowest BCUT2D eigenvalue weighted by atomic mass is 9.86. The van der Waals surface area contributed by atoms with Crippen LogP contribution < -0.4 is 10.6 Å². The van der Waals surface area contributed by atoms with Gasteiger partial charge in [0.2, 0.25) is 5.91 Å². The van der Waals surface area contributed by atoms with E-state index in [1.807, 2.05) is 0 Å². The molecule has 300 valence electrons. The van der Waals surface area contributed by atoms with E-state index in [2.05, 4.69) is 10.2 Å². The summed E-state index contributed by atoms with van der Waals surface area (Å²) >= 11 is 0. The standard InChI is InChI=1S/C38H34F7N7O4S/c1-50-34-25(4-3-5-26(34)29(48-50)17-57(2,55)56)24-6-7-30(51-15-22(46)13-31(51)54)47-33(24)19(8-18-9-20(39)12-21(40)10-18)11-23(53)16-52-36-32(35(49-52)38(43,44)45)27-14-28(27)37(36,41)42/h3-7,9-10,12,19,22,27-28H,8,11,13-17,46H2,1-2H3/t19-,22?,27+,28-/m1/s1. The number of ketones is 1. The predicted octanol–water partition coefficient (Wildman–Crippen LogP) is 5.93. The number of sulfone groups is 1. The molecule has 2 N–H and O–H groups in total. The van der Waals surface area contributed by atoms with E-state index in [0.717, 1.165) is 18.4 Å². The maximum absolute atomic E-state index is 15.4. The molecule has 0 radical (unpaired) electrons. The lowest BCUT2D eigenvalue weighted by molar-refractivity contribution is -0.142. The van der Waals surface area contributed by atoms with Crippen molar-refractivity contribution in [3.8, 4) is 11.1 Å². The van der Waals surface area contributed by atoms with E-state index < -0.39 is 93.1 Å². The maximum atomic E-state index is 15.4. The molecule has 0 bridgehead atoms. The quantitative estimate of drug-likeness (QED) is 0.162. The number of nitrogens with two attached hydrogens (primary N) is 1. The first-order valence-corrected chi connectivity index (χ1v) is 20.0. The van der Waals surface area contributed by atoms with Crippen molar-refractivity contribution in [3.05, 3.63) is 94.1 Å². The minimum atomic E-state index is -5.06. The first kappa shape index (κ1) is 38.7. The molecule has 1 saturated carbocycles. The van der Waals surface area contributed by atoms with Gasteiger partial charge in [-0.15, -0.1) is 0 Å². The zero-order valence-corrected chi connectivity index (χ0v) is 31.1. The van der Waals surface area contributed by atoms with Crippen LogP contribution in [0.15, 0.2) is 48.5 Å². The van der Waals surface area contributed by atoms with Gasteiger partial charge in [0.1, 0.15) is 29.7 Å². The van der Waals surface area contributed by atoms with Crippen LogP contribution in [0, 0.1) is 17.6 Å². The second-order valence-corrected chi connectivity index (χ2v) is 17.3. The Hall–Kier alpha value is -5.17. The number of pyridine rings is 1. The number of amides is 1. The van der Waals surface area contributed by atoms with E-state index in [9.17, 15) is 40.0 Å². The van der Waals surface area contributed by atoms with Gasteiger partial charge in [-0.1, -0.05) is 18.2 Å². The van der Waals surface area contributed by atoms with Crippen molar-refractivity contribution in [2.24, 2.45) is 18.7 Å². The molecule has 4 heterocycles. The third-order valence-electron chi connectivity index (χ3n) is 10.8. The molecule has 19 heteroatoms. The maximum Gasteiger partial charge on any atom is 0.435 e. The van der Waals surface area contributed by atoms with Crippen LogP contribution >= 0.6 is 0 Å². The number of benzene rings is 2. The molecule has 5 aromatic rings. The zero-order valence-electron chi connectivity index (χ0n) is 30.3. The highest BCUT2D eigenvalue weighted by molar-refractivity contribution is 7.89. The molecule has 2 aromatic carbocycles. The molecule has 3 aromatic heterocycles. The topological polar surface area (TPSA) is 146 Å². The molecule has 4 atom stereocenters. The van der Waals surface area contributed by atoms with E-state index in [4.69, 9.17) is 10.7 Å². The van der Waals surface area contributed by atoms with Crippen molar-refractivity contribution in [1.82, 2.24) is 24.5 Å². The van der Waals surface area contributed by atoms with Crippen molar-refractivity contribution in [1.29, 1.82) is 0 Å². The largest absolute Gasteiger partial charge is 0.435 e. The Morgan fingerprint density at radius 3 is 2.42 bits per heavy atom. The summed E-state index contributed by atoms with van der Waals surface area (Å²) in [5.41, 5.74) is 4.73. The van der Waals surface area contributed by atoms with Gasteiger partial charge in [0, 0.05) is 78.7 Å². The van der Waals surface area contributed by atoms with Crippen molar-refractivity contribution in [2.45, 2.75) is 68.0 Å². The van der Waals surface area contributed by atoms with Gasteiger partial charge in [0.05, 0.1) is 22.7 Å². The van der Waals surface area contributed by atoms with Gasteiger partial charge in [-0.2, -0.15) is 32.1 Å². The van der Waals surface area contributed by atoms with Gasteiger partial charge in [-0.05, 0) is 48.6 Å². The molecule has 8 rings (SSSR count). The van der Waals surface area contributed by atoms with Crippen LogP contribution in [0.4, 0.5) is 36.6 Å². The fourth-order valence-electron chi connectivity index (χ4n) is 8.47. The molecule has 1 unspecified atom stereocenters. The lowest BCUT2D eigenvalue weighted by Gasteiger charge is -2.24. The van der Waals surface area contributed by atoms with Crippen LogP contribution in [-0.4, -0.2) is 63.5 Å². The molecular weight excluding hydrogens is 784 g/mol. The Kier molecular flexibility index (Phi) is 9.14. The number of aromatic nitrogens is 5. The number of Topliss-reactive ketones (excluding diaryl/α,β-unsaturated/α-hetero) is 1. The normalized spacial score (nSPS) is 20.6. The summed E-state index contributed by atoms with van der Waals surface area (Å²) in [6, 6.07) is 10.4. The highest BCUT2D eigenvalue weighted by atomic mass is 32.2. The number of para-hydroxylation sites is 1. The van der Waals surface area contributed by atoms with Crippen LogP contribution in [0.2, 0.25) is 0 Å². The fraction of sp³-hybridized carbons (Fsp3) is 0.395. The van der Waals surface area contributed by atoms with Gasteiger partial charge < -0.3 is 5.73 Å². The van der Waals surface area contributed by atoms with Crippen molar-refractivity contribution in [2.75, 3.05) is 17.7 Å². The number of halogens is 7. The van der Waals surface area contributed by atoms with E-state index in [-0.39, 0.29) is 60.2 Å². The number of hydrogen-bond acceptors (Lipinski definition) is 8. The van der Waals surface area contributed by atoms with Crippen LogP contribution in [0.1, 0.15) is 65.0 Å². The monoisotopic (exact) mass is 817 g/mol. The average Bonchev–Trinajstić information content (AvgIpc) is 3.46. The van der Waals surface area contributed by atoms with Crippen LogP contribution in [0.5, 0.6) is 0 Å². The summed E-state index contributed by atoms with van der Waals surface area (Å²) in [7, 11) is -1.94. The SMILES string of the molecule is Cn1nc(CS(C)(=O)=O)c2cccc(-c3ccc(N4CC(N)CC4=O)nc3[C@@H](CC(=O)Cn3nc(C(F)(F)F)c4c3C(F)(F)[C@@H]3C[C@H]43)Cc3cc(F)cc(F)c3)c21. The fourth-order valence-corrected chi connectivity index (χ4v) is 9.18. The summed E-state index contributed by atoms with van der Waals surface area (Å²) in [4.78, 5) is 33.2. The molecule has 11 nitrogen and oxygen atoms in total. The van der Waals surface area contributed by atoms with Gasteiger partial charge >= 0.3 is 6.18 Å². The Labute approximate surface area is 320 Å². The third kappa shape index (κ3) is 7.08. The van der Waals surface area contributed by atoms with Gasteiger partial charge in [-0.25, -0.2) is 22.2 Å². The number of anilines is 1. The summed E-state index contributed by atoms with van der Waals surface area (Å²) in [5, 5.41) is 8.41. The summed E-state index contributed by atoms with van der Waals surface area (Å²) in [5.74, 6) is -10.4. The molecule has 1 amide bonds. The minimum Gasteiger partial charge on any atom is -0.326 e. The molecule has 2 fully saturated rings. The highest BCUT2D eigenvalue weighted by Gasteiger charge is 2.68. The first-order chi connectivity index (χ1) is 26.7. The number of nitrogens with zero attached hydrogens (tertiary/aromatic N) is 6. The number of hydrogen-bond donors (Lipinski definition) is 1. The first-order valence-electron chi connectivity index (χ1n) is 17.9. The third-order valence-corrected chi connectivity index (χ3v) is 11.6. The van der Waals surface area contributed by atoms with Crippen LogP contribution in [-0.2, 0) is 57.3 Å². The Balaban J connectivity index is 1.27. The van der Waals surface area contributed by atoms with Crippen molar-refractivity contribution >= 4 is 38.2 Å². The smallest absolute Gasteiger partial charge is 0.326 e. The molecule has 57 heavy (non-hydrogen) atoms. The summed E-state index contributed by atoms with van der Waals surface area (Å²) in [6.07, 6.45) is -4.97. The number of carbonyl (C=O) groups is 2. The van der Waals surface area contributed by atoms with E-state index in [0.29, 0.717) is 32.8 Å². The molecular formula is C38H34F7N7O4S. The van der Waals surface area contributed by atoms with Crippen molar-refractivity contribution < 1.29 is 48.7 Å². The van der Waals surface area contributed by atoms with E-state index in [1.54, 1.807) is 37.4 Å². The second-order valence-electron chi connectivity index (χ2n) is 15.2. The average molecular weight is 818 g/mol. The zero-order chi connectivity index (χ0) is 40.9. The minimum absolute atomic E-state index is 0.0150. The number of fused-ring (bicyclic) bond motifs is 4. The predicted molar refractivity (Wildman–Crippen MR) is 192 cm³/mol. The Bertz CT molecular complexity index is 2590. The molecule has 3 aliphatic rings. The number of carbonyl (C=O) groups excluding carboxylic acids is 2. The van der Waals surface area contributed by atoms with E-state index in [1.165, 1.54) is 9.58 Å². The molecule has 1 saturated heterocycles. The van der Waals surface area contributed by atoms with Gasteiger partial charge in [0.25, 0.3) is 5.92 Å².